The molecular formula is C19H27N5O2. The van der Waals surface area contributed by atoms with Crippen molar-refractivity contribution in [1.29, 1.82) is 0 Å². The molecule has 0 atom stereocenters. The quantitative estimate of drug-likeness (QED) is 0.915. The molecule has 0 saturated carbocycles. The average molecular weight is 357 g/mol. The number of carbonyl (C=O) groups excluding carboxylic acids is 2. The maximum absolute atomic E-state index is 12.7. The van der Waals surface area contributed by atoms with Crippen LogP contribution in [0.2, 0.25) is 0 Å². The van der Waals surface area contributed by atoms with Crippen molar-refractivity contribution in [2.75, 3.05) is 32.5 Å². The molecule has 0 spiro atoms. The minimum atomic E-state index is -0.0869. The van der Waals surface area contributed by atoms with Crippen molar-refractivity contribution >= 4 is 28.9 Å². The van der Waals surface area contributed by atoms with E-state index in [-0.39, 0.29) is 17.9 Å². The molecule has 3 rings (SSSR count). The van der Waals surface area contributed by atoms with Gasteiger partial charge in [0.1, 0.15) is 0 Å². The molecule has 3 amide bonds. The lowest BCUT2D eigenvalue weighted by atomic mass is 9.96. The predicted octanol–water partition coefficient (Wildman–Crippen LogP) is 2.78. The molecule has 26 heavy (non-hydrogen) atoms. The molecule has 1 aliphatic heterocycles. The van der Waals surface area contributed by atoms with Gasteiger partial charge in [-0.25, -0.2) is 9.78 Å². The van der Waals surface area contributed by atoms with E-state index in [2.05, 4.69) is 21.8 Å². The fourth-order valence-electron chi connectivity index (χ4n) is 3.45. The minimum Gasteiger partial charge on any atom is -0.331 e. The Morgan fingerprint density at radius 1 is 1.23 bits per heavy atom. The van der Waals surface area contributed by atoms with Gasteiger partial charge in [0.15, 0.2) is 0 Å². The number of nitrogens with one attached hydrogen (secondary N) is 1. The second kappa shape index (κ2) is 7.76. The van der Waals surface area contributed by atoms with Crippen LogP contribution >= 0.6 is 0 Å². The first-order valence-electron chi connectivity index (χ1n) is 9.23. The summed E-state index contributed by atoms with van der Waals surface area (Å²) in [6.45, 7) is 4.14. The number of hydrogen-bond donors (Lipinski definition) is 1. The van der Waals surface area contributed by atoms with E-state index in [4.69, 9.17) is 0 Å². The second-order valence-corrected chi connectivity index (χ2v) is 7.00. The fraction of sp³-hybridized carbons (Fsp3) is 0.526. The van der Waals surface area contributed by atoms with Gasteiger partial charge >= 0.3 is 6.03 Å². The number of anilines is 1. The number of rotatable bonds is 4. The number of urea groups is 1. The summed E-state index contributed by atoms with van der Waals surface area (Å²) in [7, 11) is 3.50. The molecule has 140 valence electrons. The zero-order valence-corrected chi connectivity index (χ0v) is 15.7. The minimum absolute atomic E-state index is 0.00499. The summed E-state index contributed by atoms with van der Waals surface area (Å²) < 4.78 is 2.07. The molecule has 2 heterocycles. The summed E-state index contributed by atoms with van der Waals surface area (Å²) >= 11 is 0. The monoisotopic (exact) mass is 357 g/mol. The van der Waals surface area contributed by atoms with Crippen LogP contribution in [0.15, 0.2) is 24.3 Å². The third kappa shape index (κ3) is 3.66. The maximum Gasteiger partial charge on any atom is 0.319 e. The number of aryl methyl sites for hydroxylation is 1. The number of fused-ring (bicyclic) bond motifs is 1. The van der Waals surface area contributed by atoms with Crippen LogP contribution in [0.4, 0.5) is 10.7 Å². The molecule has 7 nitrogen and oxygen atoms in total. The van der Waals surface area contributed by atoms with Crippen LogP contribution in [-0.4, -0.2) is 58.5 Å². The zero-order chi connectivity index (χ0) is 18.7. The van der Waals surface area contributed by atoms with E-state index in [0.717, 1.165) is 24.0 Å². The SMILES string of the molecule is CCCn1c(NC(=O)C2CCN(C(=O)N(C)C)CC2)nc2ccccc21. The molecule has 1 aliphatic rings. The molecule has 2 aromatic rings. The normalized spacial score (nSPS) is 15.3. The highest BCUT2D eigenvalue weighted by atomic mass is 16.2. The van der Waals surface area contributed by atoms with Crippen LogP contribution in [0.1, 0.15) is 26.2 Å². The first-order valence-corrected chi connectivity index (χ1v) is 9.23. The molecule has 0 bridgehead atoms. The van der Waals surface area contributed by atoms with Crippen molar-refractivity contribution in [1.82, 2.24) is 19.4 Å². The van der Waals surface area contributed by atoms with E-state index >= 15 is 0 Å². The van der Waals surface area contributed by atoms with E-state index in [9.17, 15) is 9.59 Å². The van der Waals surface area contributed by atoms with Crippen molar-refractivity contribution in [2.24, 2.45) is 5.92 Å². The number of aromatic nitrogens is 2. The third-order valence-electron chi connectivity index (χ3n) is 4.86. The summed E-state index contributed by atoms with van der Waals surface area (Å²) in [5, 5.41) is 3.02. The summed E-state index contributed by atoms with van der Waals surface area (Å²) in [5.41, 5.74) is 1.93. The highest BCUT2D eigenvalue weighted by molar-refractivity contribution is 5.93. The van der Waals surface area contributed by atoms with E-state index < -0.39 is 0 Å². The van der Waals surface area contributed by atoms with Crippen molar-refractivity contribution < 1.29 is 9.59 Å². The Labute approximate surface area is 154 Å². The smallest absolute Gasteiger partial charge is 0.319 e. The number of amides is 3. The lowest BCUT2D eigenvalue weighted by molar-refractivity contribution is -0.121. The number of nitrogens with zero attached hydrogens (tertiary/aromatic N) is 4. The van der Waals surface area contributed by atoms with Crippen LogP contribution in [0, 0.1) is 5.92 Å². The molecule has 1 aromatic carbocycles. The standard InChI is InChI=1S/C19H27N5O2/c1-4-11-24-16-8-6-5-7-15(16)20-18(24)21-17(25)14-9-12-23(13-10-14)19(26)22(2)3/h5-8,14H,4,9-13H2,1-3H3,(H,20,21,25). The third-order valence-corrected chi connectivity index (χ3v) is 4.86. The molecule has 1 fully saturated rings. The number of para-hydroxylation sites is 2. The van der Waals surface area contributed by atoms with E-state index in [1.165, 1.54) is 0 Å². The molecule has 1 aromatic heterocycles. The molecule has 1 N–H and O–H groups in total. The number of piperidine rings is 1. The first-order chi connectivity index (χ1) is 12.5. The van der Waals surface area contributed by atoms with Crippen molar-refractivity contribution in [2.45, 2.75) is 32.7 Å². The van der Waals surface area contributed by atoms with Gasteiger partial charge in [0.05, 0.1) is 11.0 Å². The number of carbonyl (C=O) groups is 2. The van der Waals surface area contributed by atoms with Crippen LogP contribution in [-0.2, 0) is 11.3 Å². The van der Waals surface area contributed by atoms with E-state index in [1.54, 1.807) is 23.9 Å². The summed E-state index contributed by atoms with van der Waals surface area (Å²) in [6, 6.07) is 7.93. The molecule has 0 unspecified atom stereocenters. The fourth-order valence-corrected chi connectivity index (χ4v) is 3.45. The highest BCUT2D eigenvalue weighted by Gasteiger charge is 2.28. The summed E-state index contributed by atoms with van der Waals surface area (Å²) in [6.07, 6.45) is 2.33. The average Bonchev–Trinajstić information content (AvgIpc) is 2.99. The number of likely N-dealkylation sites (tertiary alicyclic amines) is 1. The van der Waals surface area contributed by atoms with Crippen molar-refractivity contribution in [3.8, 4) is 0 Å². The lowest BCUT2D eigenvalue weighted by Crippen LogP contribution is -2.45. The molecule has 0 radical (unpaired) electrons. The van der Waals surface area contributed by atoms with Gasteiger partial charge in [-0.15, -0.1) is 0 Å². The Morgan fingerprint density at radius 2 is 1.92 bits per heavy atom. The molecule has 0 aliphatic carbocycles. The number of benzene rings is 1. The van der Waals surface area contributed by atoms with Crippen molar-refractivity contribution in [3.63, 3.8) is 0 Å². The Bertz CT molecular complexity index is 790. The van der Waals surface area contributed by atoms with Gasteiger partial charge in [0.25, 0.3) is 0 Å². The molecule has 1 saturated heterocycles. The van der Waals surface area contributed by atoms with Gasteiger partial charge in [-0.05, 0) is 31.4 Å². The van der Waals surface area contributed by atoms with Gasteiger partial charge in [-0.3, -0.25) is 10.1 Å². The maximum atomic E-state index is 12.7. The summed E-state index contributed by atoms with van der Waals surface area (Å²) in [5.74, 6) is 0.524. The van der Waals surface area contributed by atoms with Crippen LogP contribution in [0.25, 0.3) is 11.0 Å². The Kier molecular flexibility index (Phi) is 5.44. The van der Waals surface area contributed by atoms with Crippen LogP contribution in [0.5, 0.6) is 0 Å². The first kappa shape index (κ1) is 18.2. The lowest BCUT2D eigenvalue weighted by Gasteiger charge is -2.32. The van der Waals surface area contributed by atoms with Gasteiger partial charge in [0, 0.05) is 39.6 Å². The topological polar surface area (TPSA) is 70.5 Å². The second-order valence-electron chi connectivity index (χ2n) is 7.00. The van der Waals surface area contributed by atoms with E-state index in [1.807, 2.05) is 24.3 Å². The zero-order valence-electron chi connectivity index (χ0n) is 15.7. The molecule has 7 heteroatoms. The number of imidazole rings is 1. The van der Waals surface area contributed by atoms with Gasteiger partial charge in [-0.2, -0.15) is 0 Å². The predicted molar refractivity (Wildman–Crippen MR) is 102 cm³/mol. The Balaban J connectivity index is 1.68. The van der Waals surface area contributed by atoms with Crippen LogP contribution in [0.3, 0.4) is 0 Å². The molecular weight excluding hydrogens is 330 g/mol. The van der Waals surface area contributed by atoms with Gasteiger partial charge < -0.3 is 14.4 Å². The number of hydrogen-bond acceptors (Lipinski definition) is 3. The van der Waals surface area contributed by atoms with Crippen LogP contribution < -0.4 is 5.32 Å². The summed E-state index contributed by atoms with van der Waals surface area (Å²) in [4.78, 5) is 32.7. The Morgan fingerprint density at radius 3 is 2.58 bits per heavy atom. The van der Waals surface area contributed by atoms with E-state index in [0.29, 0.717) is 31.9 Å². The largest absolute Gasteiger partial charge is 0.331 e. The van der Waals surface area contributed by atoms with Crippen molar-refractivity contribution in [3.05, 3.63) is 24.3 Å². The van der Waals surface area contributed by atoms with Gasteiger partial charge in [-0.1, -0.05) is 19.1 Å². The highest BCUT2D eigenvalue weighted by Crippen LogP contribution is 2.23. The Hall–Kier alpha value is -2.57. The van der Waals surface area contributed by atoms with Gasteiger partial charge in [0.2, 0.25) is 11.9 Å².